The van der Waals surface area contributed by atoms with E-state index in [1.165, 1.54) is 6.07 Å². The van der Waals surface area contributed by atoms with Crippen molar-refractivity contribution in [3.05, 3.63) is 74.4 Å². The van der Waals surface area contributed by atoms with Gasteiger partial charge in [0.2, 0.25) is 0 Å². The fraction of sp³-hybridized carbons (Fsp3) is 0.130. The molecule has 2 N–H and O–H groups in total. The largest absolute Gasteiger partial charge is 0.481 e. The van der Waals surface area contributed by atoms with Gasteiger partial charge in [-0.05, 0) is 86.7 Å². The number of imidazole rings is 1. The number of fused-ring (bicyclic) bond motifs is 1. The van der Waals surface area contributed by atoms with Gasteiger partial charge in [0.25, 0.3) is 0 Å². The number of aryl methyl sites for hydroxylation is 2. The third-order valence-electron chi connectivity index (χ3n) is 4.80. The van der Waals surface area contributed by atoms with Crippen molar-refractivity contribution in [1.29, 1.82) is 0 Å². The molecule has 0 bridgehead atoms. The Morgan fingerprint density at radius 1 is 1.13 bits per heavy atom. The summed E-state index contributed by atoms with van der Waals surface area (Å²) in [4.78, 5) is 18.6. The van der Waals surface area contributed by atoms with E-state index >= 15 is 0 Å². The van der Waals surface area contributed by atoms with Gasteiger partial charge >= 0.3 is 5.97 Å². The Bertz CT molecular complexity index is 1280. The molecule has 0 aliphatic heterocycles. The maximum Gasteiger partial charge on any atom is 0.303 e. The number of rotatable bonds is 6. The number of halogens is 3. The average Bonchev–Trinajstić information content (AvgIpc) is 3.14. The molecule has 1 heterocycles. The average molecular weight is 548 g/mol. The topological polar surface area (TPSA) is 75.2 Å². The Morgan fingerprint density at radius 3 is 2.55 bits per heavy atom. The molecule has 0 radical (unpaired) electrons. The normalized spacial score (nSPS) is 11.1. The van der Waals surface area contributed by atoms with E-state index < -0.39 is 5.97 Å². The molecule has 31 heavy (non-hydrogen) atoms. The molecule has 0 spiro atoms. The van der Waals surface area contributed by atoms with Crippen LogP contribution in [-0.2, 0) is 11.2 Å². The highest BCUT2D eigenvalue weighted by molar-refractivity contribution is 9.11. The van der Waals surface area contributed by atoms with Crippen LogP contribution in [0.2, 0.25) is 0 Å². The van der Waals surface area contributed by atoms with Crippen molar-refractivity contribution < 1.29 is 19.0 Å². The molecular formula is C23H17Br2FN2O3. The van der Waals surface area contributed by atoms with Gasteiger partial charge in [0.1, 0.15) is 17.4 Å². The number of benzene rings is 3. The van der Waals surface area contributed by atoms with Crippen molar-refractivity contribution in [1.82, 2.24) is 9.97 Å². The Balaban J connectivity index is 1.60. The summed E-state index contributed by atoms with van der Waals surface area (Å²) < 4.78 is 21.4. The molecule has 0 fully saturated rings. The Kier molecular flexibility index (Phi) is 6.11. The van der Waals surface area contributed by atoms with Gasteiger partial charge in [-0.1, -0.05) is 12.1 Å². The van der Waals surface area contributed by atoms with Crippen molar-refractivity contribution >= 4 is 48.9 Å². The summed E-state index contributed by atoms with van der Waals surface area (Å²) in [5, 5.41) is 8.87. The summed E-state index contributed by atoms with van der Waals surface area (Å²) >= 11 is 7.00. The van der Waals surface area contributed by atoms with Crippen molar-refractivity contribution in [2.75, 3.05) is 0 Å². The second kappa shape index (κ2) is 8.80. The molecule has 4 aromatic rings. The van der Waals surface area contributed by atoms with E-state index in [2.05, 4.69) is 41.8 Å². The lowest BCUT2D eigenvalue weighted by Gasteiger charge is -2.12. The van der Waals surface area contributed by atoms with Gasteiger partial charge in [0.05, 0.1) is 20.0 Å². The van der Waals surface area contributed by atoms with Crippen LogP contribution >= 0.6 is 31.9 Å². The van der Waals surface area contributed by atoms with E-state index in [0.717, 1.165) is 16.6 Å². The van der Waals surface area contributed by atoms with Crippen LogP contribution < -0.4 is 4.74 Å². The zero-order chi connectivity index (χ0) is 22.1. The van der Waals surface area contributed by atoms with Crippen LogP contribution in [-0.4, -0.2) is 21.0 Å². The van der Waals surface area contributed by atoms with Crippen LogP contribution in [0.15, 0.2) is 57.5 Å². The predicted octanol–water partition coefficient (Wildman–Crippen LogP) is 7.01. The number of nitrogens with zero attached hydrogens (tertiary/aromatic N) is 1. The summed E-state index contributed by atoms with van der Waals surface area (Å²) in [6, 6.07) is 14.2. The van der Waals surface area contributed by atoms with E-state index in [-0.39, 0.29) is 12.2 Å². The molecule has 5 nitrogen and oxygen atoms in total. The van der Waals surface area contributed by atoms with Crippen LogP contribution in [0.3, 0.4) is 0 Å². The molecule has 8 heteroatoms. The van der Waals surface area contributed by atoms with Crippen LogP contribution in [0.5, 0.6) is 11.5 Å². The minimum Gasteiger partial charge on any atom is -0.481 e. The molecule has 0 amide bonds. The highest BCUT2D eigenvalue weighted by Crippen LogP contribution is 2.38. The zero-order valence-corrected chi connectivity index (χ0v) is 19.5. The van der Waals surface area contributed by atoms with Gasteiger partial charge in [-0.15, -0.1) is 0 Å². The first-order valence-electron chi connectivity index (χ1n) is 9.44. The number of carboxylic acid groups (broad SMARTS) is 1. The van der Waals surface area contributed by atoms with Gasteiger partial charge in [-0.2, -0.15) is 0 Å². The van der Waals surface area contributed by atoms with Crippen molar-refractivity contribution in [2.45, 2.75) is 19.8 Å². The summed E-state index contributed by atoms with van der Waals surface area (Å²) in [6.07, 6.45) is 0.484. The molecule has 0 saturated carbocycles. The number of ether oxygens (including phenoxy) is 1. The first-order chi connectivity index (χ1) is 14.8. The molecule has 0 unspecified atom stereocenters. The second-order valence-electron chi connectivity index (χ2n) is 7.11. The van der Waals surface area contributed by atoms with Crippen molar-refractivity contribution in [3.63, 3.8) is 0 Å². The van der Waals surface area contributed by atoms with E-state index in [9.17, 15) is 9.18 Å². The fourth-order valence-electron chi connectivity index (χ4n) is 3.15. The monoisotopic (exact) mass is 546 g/mol. The number of carboxylic acids is 1. The summed E-state index contributed by atoms with van der Waals surface area (Å²) in [6.45, 7) is 1.72. The maximum atomic E-state index is 13.9. The predicted molar refractivity (Wildman–Crippen MR) is 124 cm³/mol. The summed E-state index contributed by atoms with van der Waals surface area (Å²) in [7, 11) is 0. The molecule has 0 aliphatic rings. The molecule has 1 aromatic heterocycles. The standard InChI is InChI=1S/C23H17Br2FN2O3/c1-12-2-4-14(10-18(12)26)23-27-19-6-5-15(11-20(19)28-23)31-22-16(24)8-13(9-17(22)25)3-7-21(29)30/h2,4-6,8-11H,3,7H2,1H3,(H,27,28)(H,29,30). The molecule has 4 rings (SSSR count). The SMILES string of the molecule is Cc1ccc(-c2nc3ccc(Oc4c(Br)cc(CCC(=O)O)cc4Br)cc3[nH]2)cc1F. The van der Waals surface area contributed by atoms with Crippen molar-refractivity contribution in [2.24, 2.45) is 0 Å². The highest BCUT2D eigenvalue weighted by Gasteiger charge is 2.13. The number of hydrogen-bond acceptors (Lipinski definition) is 3. The van der Waals surface area contributed by atoms with Gasteiger partial charge in [0.15, 0.2) is 5.75 Å². The lowest BCUT2D eigenvalue weighted by molar-refractivity contribution is -0.136. The first kappa shape index (κ1) is 21.5. The third-order valence-corrected chi connectivity index (χ3v) is 5.98. The van der Waals surface area contributed by atoms with Crippen LogP contribution in [0, 0.1) is 12.7 Å². The zero-order valence-electron chi connectivity index (χ0n) is 16.4. The van der Waals surface area contributed by atoms with Gasteiger partial charge in [0, 0.05) is 18.1 Å². The minimum absolute atomic E-state index is 0.0583. The molecule has 0 aliphatic carbocycles. The summed E-state index contributed by atoms with van der Waals surface area (Å²) in [5.41, 5.74) is 3.64. The highest BCUT2D eigenvalue weighted by atomic mass is 79.9. The molecule has 0 atom stereocenters. The molecule has 3 aromatic carbocycles. The van der Waals surface area contributed by atoms with Gasteiger partial charge < -0.3 is 14.8 Å². The van der Waals surface area contributed by atoms with Crippen LogP contribution in [0.4, 0.5) is 4.39 Å². The number of H-pyrrole nitrogens is 1. The molecular weight excluding hydrogens is 531 g/mol. The quantitative estimate of drug-likeness (QED) is 0.272. The Morgan fingerprint density at radius 2 is 1.87 bits per heavy atom. The number of carbonyl (C=O) groups is 1. The first-order valence-corrected chi connectivity index (χ1v) is 11.0. The Labute approximate surface area is 194 Å². The van der Waals surface area contributed by atoms with Gasteiger partial charge in [-0.25, -0.2) is 9.37 Å². The van der Waals surface area contributed by atoms with E-state index in [1.807, 2.05) is 30.3 Å². The van der Waals surface area contributed by atoms with E-state index in [4.69, 9.17) is 9.84 Å². The molecule has 0 saturated heterocycles. The molecule has 158 valence electrons. The lowest BCUT2D eigenvalue weighted by Crippen LogP contribution is -1.98. The van der Waals surface area contributed by atoms with Crippen molar-refractivity contribution in [3.8, 4) is 22.9 Å². The number of nitrogens with one attached hydrogen (secondary N) is 1. The third kappa shape index (κ3) is 4.80. The number of hydrogen-bond donors (Lipinski definition) is 2. The van der Waals surface area contributed by atoms with Crippen LogP contribution in [0.1, 0.15) is 17.5 Å². The van der Waals surface area contributed by atoms with Crippen LogP contribution in [0.25, 0.3) is 22.4 Å². The van der Waals surface area contributed by atoms with E-state index in [1.54, 1.807) is 19.1 Å². The second-order valence-corrected chi connectivity index (χ2v) is 8.82. The maximum absolute atomic E-state index is 13.9. The Hall–Kier alpha value is -2.71. The van der Waals surface area contributed by atoms with E-state index in [0.29, 0.717) is 43.8 Å². The number of aliphatic carboxylic acids is 1. The smallest absolute Gasteiger partial charge is 0.303 e. The summed E-state index contributed by atoms with van der Waals surface area (Å²) in [5.74, 6) is 0.643. The van der Waals surface area contributed by atoms with Gasteiger partial charge in [-0.3, -0.25) is 4.79 Å². The number of aromatic nitrogens is 2. The fourth-order valence-corrected chi connectivity index (χ4v) is 4.60. The minimum atomic E-state index is -0.840. The lowest BCUT2D eigenvalue weighted by atomic mass is 10.1. The number of aromatic amines is 1.